The smallest absolute Gasteiger partial charge is 0.322 e. The number of carbonyl (C=O) groups is 1. The third-order valence-electron chi connectivity index (χ3n) is 1.66. The van der Waals surface area contributed by atoms with Crippen molar-refractivity contribution in [2.75, 3.05) is 19.4 Å². The summed E-state index contributed by atoms with van der Waals surface area (Å²) in [7, 11) is 3.36. The van der Waals surface area contributed by atoms with Crippen molar-refractivity contribution in [3.8, 4) is 0 Å². The first-order valence-electron chi connectivity index (χ1n) is 4.12. The number of amides is 2. The van der Waals surface area contributed by atoms with Gasteiger partial charge in [0.2, 0.25) is 0 Å². The Hall–Kier alpha value is -1.10. The minimum Gasteiger partial charge on any atom is -0.331 e. The summed E-state index contributed by atoms with van der Waals surface area (Å²) in [4.78, 5) is 16.9. The predicted molar refractivity (Wildman–Crippen MR) is 59.4 cm³/mol. The lowest BCUT2D eigenvalue weighted by Crippen LogP contribution is -2.27. The van der Waals surface area contributed by atoms with E-state index in [1.807, 2.05) is 13.0 Å². The Morgan fingerprint density at radius 3 is 2.64 bits per heavy atom. The molecule has 0 unspecified atom stereocenters. The van der Waals surface area contributed by atoms with E-state index in [0.717, 1.165) is 10.2 Å². The van der Waals surface area contributed by atoms with Gasteiger partial charge in [-0.3, -0.25) is 5.32 Å². The fourth-order valence-electron chi connectivity index (χ4n) is 0.835. The maximum absolute atomic E-state index is 11.3. The van der Waals surface area contributed by atoms with Gasteiger partial charge in [-0.25, -0.2) is 9.78 Å². The van der Waals surface area contributed by atoms with Crippen molar-refractivity contribution in [1.29, 1.82) is 0 Å². The van der Waals surface area contributed by atoms with Gasteiger partial charge in [-0.1, -0.05) is 0 Å². The molecule has 0 atom stereocenters. The van der Waals surface area contributed by atoms with Crippen LogP contribution in [0, 0.1) is 6.92 Å². The largest absolute Gasteiger partial charge is 0.331 e. The van der Waals surface area contributed by atoms with E-state index in [4.69, 9.17) is 0 Å². The van der Waals surface area contributed by atoms with Crippen LogP contribution in [0.2, 0.25) is 0 Å². The molecule has 5 heteroatoms. The van der Waals surface area contributed by atoms with Gasteiger partial charge in [-0.05, 0) is 35.0 Å². The average molecular weight is 258 g/mol. The summed E-state index contributed by atoms with van der Waals surface area (Å²) in [6, 6.07) is 3.42. The molecule has 1 aromatic heterocycles. The van der Waals surface area contributed by atoms with Crippen LogP contribution >= 0.6 is 15.9 Å². The highest BCUT2D eigenvalue weighted by atomic mass is 79.9. The van der Waals surface area contributed by atoms with Gasteiger partial charge < -0.3 is 4.90 Å². The summed E-state index contributed by atoms with van der Waals surface area (Å²) in [6.45, 7) is 1.87. The molecule has 4 nitrogen and oxygen atoms in total. The normalized spacial score (nSPS) is 9.71. The number of nitrogens with one attached hydrogen (secondary N) is 1. The number of anilines is 1. The zero-order valence-corrected chi connectivity index (χ0v) is 9.92. The Kier molecular flexibility index (Phi) is 3.46. The molecular weight excluding hydrogens is 246 g/mol. The molecule has 0 aliphatic heterocycles. The first kappa shape index (κ1) is 11.0. The SMILES string of the molecule is Cc1nc(NC(=O)N(C)C)ccc1Br. The second-order valence-electron chi connectivity index (χ2n) is 3.09. The molecule has 0 aromatic carbocycles. The predicted octanol–water partition coefficient (Wildman–Crippen LogP) is 2.25. The second kappa shape index (κ2) is 4.41. The lowest BCUT2D eigenvalue weighted by atomic mass is 10.4. The summed E-state index contributed by atoms with van der Waals surface area (Å²) < 4.78 is 0.931. The number of aryl methyl sites for hydroxylation is 1. The molecule has 0 bridgehead atoms. The molecule has 0 aliphatic rings. The number of pyridine rings is 1. The lowest BCUT2D eigenvalue weighted by Gasteiger charge is -2.11. The number of hydrogen-bond acceptors (Lipinski definition) is 2. The number of rotatable bonds is 1. The maximum Gasteiger partial charge on any atom is 0.322 e. The molecule has 1 rings (SSSR count). The highest BCUT2D eigenvalue weighted by Gasteiger charge is 2.05. The zero-order valence-electron chi connectivity index (χ0n) is 8.34. The van der Waals surface area contributed by atoms with Crippen LogP contribution in [0.25, 0.3) is 0 Å². The van der Waals surface area contributed by atoms with Crippen LogP contribution in [0.1, 0.15) is 5.69 Å². The van der Waals surface area contributed by atoms with Gasteiger partial charge in [0.1, 0.15) is 5.82 Å². The third kappa shape index (κ3) is 2.70. The minimum absolute atomic E-state index is 0.181. The molecule has 2 amide bonds. The van der Waals surface area contributed by atoms with Crippen molar-refractivity contribution in [2.24, 2.45) is 0 Å². The molecule has 1 heterocycles. The summed E-state index contributed by atoms with van der Waals surface area (Å²) in [5.74, 6) is 0.560. The standard InChI is InChI=1S/C9H12BrN3O/c1-6-7(10)4-5-8(11-6)12-9(14)13(2)3/h4-5H,1-3H3,(H,11,12,14). The molecule has 0 aliphatic carbocycles. The monoisotopic (exact) mass is 257 g/mol. The summed E-state index contributed by atoms with van der Waals surface area (Å²) >= 11 is 3.34. The van der Waals surface area contributed by atoms with E-state index < -0.39 is 0 Å². The number of aromatic nitrogens is 1. The molecule has 0 spiro atoms. The van der Waals surface area contributed by atoms with Gasteiger partial charge in [-0.15, -0.1) is 0 Å². The van der Waals surface area contributed by atoms with Crippen LogP contribution in [0.3, 0.4) is 0 Å². The fourth-order valence-corrected chi connectivity index (χ4v) is 1.06. The van der Waals surface area contributed by atoms with Gasteiger partial charge in [0.05, 0.1) is 5.69 Å². The van der Waals surface area contributed by atoms with Crippen LogP contribution in [-0.2, 0) is 0 Å². The van der Waals surface area contributed by atoms with Crippen molar-refractivity contribution >= 4 is 27.8 Å². The summed E-state index contributed by atoms with van der Waals surface area (Å²) in [6.07, 6.45) is 0. The first-order valence-corrected chi connectivity index (χ1v) is 4.91. The van der Waals surface area contributed by atoms with Crippen molar-refractivity contribution in [3.63, 3.8) is 0 Å². The Labute approximate surface area is 91.4 Å². The summed E-state index contributed by atoms with van der Waals surface area (Å²) in [5.41, 5.74) is 0.849. The molecule has 1 N–H and O–H groups in total. The fraction of sp³-hybridized carbons (Fsp3) is 0.333. The number of carbonyl (C=O) groups excluding carboxylic acids is 1. The molecule has 1 aromatic rings. The minimum atomic E-state index is -0.181. The highest BCUT2D eigenvalue weighted by Crippen LogP contribution is 2.16. The second-order valence-corrected chi connectivity index (χ2v) is 3.94. The Morgan fingerprint density at radius 2 is 2.14 bits per heavy atom. The molecule has 0 fully saturated rings. The number of halogens is 1. The quantitative estimate of drug-likeness (QED) is 0.839. The third-order valence-corrected chi connectivity index (χ3v) is 2.50. The van der Waals surface area contributed by atoms with Crippen molar-refractivity contribution in [1.82, 2.24) is 9.88 Å². The van der Waals surface area contributed by atoms with E-state index in [2.05, 4.69) is 26.2 Å². The molecular formula is C9H12BrN3O. The van der Waals surface area contributed by atoms with E-state index >= 15 is 0 Å². The molecule has 14 heavy (non-hydrogen) atoms. The van der Waals surface area contributed by atoms with Crippen LogP contribution in [-0.4, -0.2) is 30.0 Å². The molecule has 0 saturated heterocycles. The molecule has 0 saturated carbocycles. The Balaban J connectivity index is 2.78. The van der Waals surface area contributed by atoms with E-state index in [0.29, 0.717) is 5.82 Å². The van der Waals surface area contributed by atoms with Gasteiger partial charge in [-0.2, -0.15) is 0 Å². The molecule has 0 radical (unpaired) electrons. The van der Waals surface area contributed by atoms with Crippen molar-refractivity contribution in [3.05, 3.63) is 22.3 Å². The lowest BCUT2D eigenvalue weighted by molar-refractivity contribution is 0.230. The van der Waals surface area contributed by atoms with E-state index in [-0.39, 0.29) is 6.03 Å². The van der Waals surface area contributed by atoms with Crippen LogP contribution in [0.15, 0.2) is 16.6 Å². The number of urea groups is 1. The number of hydrogen-bond donors (Lipinski definition) is 1. The average Bonchev–Trinajstić information content (AvgIpc) is 2.11. The van der Waals surface area contributed by atoms with Gasteiger partial charge >= 0.3 is 6.03 Å². The summed E-state index contributed by atoms with van der Waals surface area (Å²) in [5, 5.41) is 2.66. The Morgan fingerprint density at radius 1 is 1.50 bits per heavy atom. The van der Waals surface area contributed by atoms with Crippen LogP contribution in [0.4, 0.5) is 10.6 Å². The van der Waals surface area contributed by atoms with Gasteiger partial charge in [0.15, 0.2) is 0 Å². The van der Waals surface area contributed by atoms with E-state index in [1.54, 1.807) is 20.2 Å². The zero-order chi connectivity index (χ0) is 10.7. The van der Waals surface area contributed by atoms with Crippen molar-refractivity contribution in [2.45, 2.75) is 6.92 Å². The topological polar surface area (TPSA) is 45.2 Å². The van der Waals surface area contributed by atoms with Crippen molar-refractivity contribution < 1.29 is 4.79 Å². The first-order chi connectivity index (χ1) is 6.50. The highest BCUT2D eigenvalue weighted by molar-refractivity contribution is 9.10. The van der Waals surface area contributed by atoms with E-state index in [1.165, 1.54) is 4.90 Å². The van der Waals surface area contributed by atoms with Crippen LogP contribution in [0.5, 0.6) is 0 Å². The molecule has 76 valence electrons. The van der Waals surface area contributed by atoms with E-state index in [9.17, 15) is 4.79 Å². The Bertz CT molecular complexity index is 352. The van der Waals surface area contributed by atoms with Crippen LogP contribution < -0.4 is 5.32 Å². The van der Waals surface area contributed by atoms with Gasteiger partial charge in [0.25, 0.3) is 0 Å². The number of nitrogens with zero attached hydrogens (tertiary/aromatic N) is 2. The maximum atomic E-state index is 11.3. The van der Waals surface area contributed by atoms with Gasteiger partial charge in [0, 0.05) is 18.6 Å².